The van der Waals surface area contributed by atoms with E-state index >= 15 is 0 Å². The van der Waals surface area contributed by atoms with Crippen LogP contribution < -0.4 is 0 Å². The Bertz CT molecular complexity index is 1550. The maximum Gasteiger partial charge on any atom is 0.335 e. The van der Waals surface area contributed by atoms with E-state index in [2.05, 4.69) is 4.98 Å². The molecule has 1 aromatic heterocycles. The number of aromatic carboxylic acids is 1. The summed E-state index contributed by atoms with van der Waals surface area (Å²) >= 11 is 0. The molecule has 194 valence electrons. The number of pyridine rings is 1. The van der Waals surface area contributed by atoms with Gasteiger partial charge in [-0.3, -0.25) is 4.98 Å². The van der Waals surface area contributed by atoms with E-state index < -0.39 is 5.97 Å². The number of rotatable bonds is 5. The van der Waals surface area contributed by atoms with Crippen molar-refractivity contribution in [2.75, 3.05) is 0 Å². The van der Waals surface area contributed by atoms with Crippen LogP contribution in [-0.2, 0) is 0 Å². The largest absolute Gasteiger partial charge is 0.507 e. The number of phenolic OH excluding ortho intramolecular Hbond substituents is 1. The zero-order chi connectivity index (χ0) is 27.7. The molecule has 6 aromatic rings. The molecule has 0 aliphatic carbocycles. The number of carboxylic acids is 1. The van der Waals surface area contributed by atoms with Gasteiger partial charge in [-0.2, -0.15) is 0 Å². The lowest BCUT2D eigenvalue weighted by molar-refractivity contribution is 0.0697. The fourth-order valence-electron chi connectivity index (χ4n) is 4.46. The van der Waals surface area contributed by atoms with Gasteiger partial charge in [0, 0.05) is 23.5 Å². The third-order valence-corrected chi connectivity index (χ3v) is 6.53. The Balaban J connectivity index is 0.000000477. The maximum atomic E-state index is 11.9. The number of carbonyl (C=O) groups is 1. The molecule has 0 unspecified atom stereocenters. The zero-order valence-electron chi connectivity index (χ0n) is 21.7. The highest BCUT2D eigenvalue weighted by Crippen LogP contribution is 2.40. The predicted octanol–water partition coefficient (Wildman–Crippen LogP) is 8.84. The van der Waals surface area contributed by atoms with E-state index in [9.17, 15) is 15.0 Å². The van der Waals surface area contributed by atoms with Crippen LogP contribution in [0, 0.1) is 0 Å². The van der Waals surface area contributed by atoms with E-state index in [4.69, 9.17) is 0 Å². The minimum Gasteiger partial charge on any atom is -0.507 e. The van der Waals surface area contributed by atoms with Crippen LogP contribution in [0.25, 0.3) is 44.5 Å². The van der Waals surface area contributed by atoms with Crippen molar-refractivity contribution in [2.24, 2.45) is 0 Å². The summed E-state index contributed by atoms with van der Waals surface area (Å²) in [6.45, 7) is 0. The normalized spacial score (nSPS) is 10.3. The van der Waals surface area contributed by atoms with Gasteiger partial charge in [-0.1, -0.05) is 115 Å². The van der Waals surface area contributed by atoms with Gasteiger partial charge in [0.2, 0.25) is 0 Å². The van der Waals surface area contributed by atoms with E-state index in [1.54, 1.807) is 12.4 Å². The average Bonchev–Trinajstić information content (AvgIpc) is 3.03. The summed E-state index contributed by atoms with van der Waals surface area (Å²) in [6.07, 6.45) is 3.50. The summed E-state index contributed by atoms with van der Waals surface area (Å²) < 4.78 is 0. The maximum absolute atomic E-state index is 11.9. The van der Waals surface area contributed by atoms with E-state index in [0.29, 0.717) is 11.1 Å². The minimum absolute atomic E-state index is 0.0601. The summed E-state index contributed by atoms with van der Waals surface area (Å²) in [6, 6.07) is 44.3. The van der Waals surface area contributed by atoms with Crippen molar-refractivity contribution in [3.63, 3.8) is 0 Å². The monoisotopic (exact) mass is 521 g/mol. The second kappa shape index (κ2) is 12.4. The first kappa shape index (κ1) is 26.1. The van der Waals surface area contributed by atoms with Crippen LogP contribution in [-0.4, -0.2) is 21.2 Å². The molecule has 0 amide bonds. The third kappa shape index (κ3) is 6.14. The zero-order valence-corrected chi connectivity index (χ0v) is 21.7. The quantitative estimate of drug-likeness (QED) is 0.238. The predicted molar refractivity (Wildman–Crippen MR) is 161 cm³/mol. The third-order valence-electron chi connectivity index (χ3n) is 6.53. The number of carboxylic acid groups (broad SMARTS) is 1. The Morgan fingerprint density at radius 2 is 0.825 bits per heavy atom. The molecule has 0 aliphatic heterocycles. The van der Waals surface area contributed by atoms with E-state index in [1.807, 2.05) is 127 Å². The van der Waals surface area contributed by atoms with Gasteiger partial charge in [0.25, 0.3) is 0 Å². The Hall–Kier alpha value is -5.48. The number of aromatic hydroxyl groups is 1. The highest BCUT2D eigenvalue weighted by molar-refractivity contribution is 5.95. The van der Waals surface area contributed by atoms with E-state index in [-0.39, 0.29) is 11.3 Å². The molecule has 0 radical (unpaired) electrons. The van der Waals surface area contributed by atoms with Crippen molar-refractivity contribution in [1.29, 1.82) is 0 Å². The molecule has 0 fully saturated rings. The molecule has 0 atom stereocenters. The van der Waals surface area contributed by atoms with Crippen LogP contribution in [0.5, 0.6) is 5.75 Å². The summed E-state index contributed by atoms with van der Waals surface area (Å²) in [5.41, 5.74) is 6.90. The van der Waals surface area contributed by atoms with Crippen molar-refractivity contribution in [1.82, 2.24) is 4.98 Å². The van der Waals surface area contributed by atoms with Crippen LogP contribution in [0.4, 0.5) is 0 Å². The molecule has 2 N–H and O–H groups in total. The first-order chi connectivity index (χ1) is 19.6. The second-order valence-electron chi connectivity index (χ2n) is 9.14. The SMILES string of the molecule is O=C(O)c1cc(-c2ccc(-c3ccccc3)cc2)c(O)c(-c2ccc(-c3ccccc3)cc2)c1.c1ccncc1. The fourth-order valence-corrected chi connectivity index (χ4v) is 4.46. The molecule has 6 rings (SSSR count). The topological polar surface area (TPSA) is 70.4 Å². The summed E-state index contributed by atoms with van der Waals surface area (Å²) in [5, 5.41) is 20.9. The Morgan fingerprint density at radius 1 is 0.475 bits per heavy atom. The lowest BCUT2D eigenvalue weighted by Gasteiger charge is -2.13. The highest BCUT2D eigenvalue weighted by atomic mass is 16.4. The molecule has 5 aromatic carbocycles. The van der Waals surface area contributed by atoms with Gasteiger partial charge in [0.1, 0.15) is 5.75 Å². The average molecular weight is 522 g/mol. The number of benzene rings is 5. The van der Waals surface area contributed by atoms with Crippen LogP contribution in [0.1, 0.15) is 10.4 Å². The molecular weight excluding hydrogens is 494 g/mol. The molecule has 40 heavy (non-hydrogen) atoms. The molecule has 4 nitrogen and oxygen atoms in total. The Morgan fingerprint density at radius 3 is 1.15 bits per heavy atom. The van der Waals surface area contributed by atoms with Gasteiger partial charge >= 0.3 is 5.97 Å². The van der Waals surface area contributed by atoms with Crippen molar-refractivity contribution in [3.8, 4) is 50.3 Å². The van der Waals surface area contributed by atoms with Crippen molar-refractivity contribution >= 4 is 5.97 Å². The minimum atomic E-state index is -1.04. The number of hydrogen-bond acceptors (Lipinski definition) is 3. The first-order valence-electron chi connectivity index (χ1n) is 12.9. The molecule has 4 heteroatoms. The number of phenols is 1. The summed E-state index contributed by atoms with van der Waals surface area (Å²) in [5.74, 6) is -0.978. The molecule has 0 aliphatic rings. The lowest BCUT2D eigenvalue weighted by atomic mass is 9.92. The number of nitrogens with zero attached hydrogens (tertiary/aromatic N) is 1. The smallest absolute Gasteiger partial charge is 0.335 e. The standard InChI is InChI=1S/C31H22O3.C5H5N/c32-30-28(25-15-11-23(12-16-25)21-7-3-1-4-8-21)19-27(31(33)34)20-29(30)26-17-13-24(14-18-26)22-9-5-2-6-10-22;1-2-4-6-5-3-1/h1-20,32H,(H,33,34);1-5H. The van der Waals surface area contributed by atoms with Crippen LogP contribution in [0.2, 0.25) is 0 Å². The summed E-state index contributed by atoms with van der Waals surface area (Å²) in [7, 11) is 0. The highest BCUT2D eigenvalue weighted by Gasteiger charge is 2.17. The number of aromatic nitrogens is 1. The molecular formula is C36H27NO3. The summed E-state index contributed by atoms with van der Waals surface area (Å²) in [4.78, 5) is 15.7. The molecule has 0 bridgehead atoms. The van der Waals surface area contributed by atoms with E-state index in [0.717, 1.165) is 33.4 Å². The Labute approximate surface area is 233 Å². The van der Waals surface area contributed by atoms with Crippen molar-refractivity contribution in [2.45, 2.75) is 0 Å². The van der Waals surface area contributed by atoms with Gasteiger partial charge in [-0.15, -0.1) is 0 Å². The number of hydrogen-bond donors (Lipinski definition) is 2. The van der Waals surface area contributed by atoms with Crippen molar-refractivity contribution < 1.29 is 15.0 Å². The van der Waals surface area contributed by atoms with Crippen LogP contribution in [0.3, 0.4) is 0 Å². The molecule has 0 saturated carbocycles. The van der Waals surface area contributed by atoms with Crippen LogP contribution in [0.15, 0.2) is 152 Å². The van der Waals surface area contributed by atoms with Crippen LogP contribution >= 0.6 is 0 Å². The van der Waals surface area contributed by atoms with Gasteiger partial charge in [-0.05, 0) is 57.6 Å². The molecule has 1 heterocycles. The van der Waals surface area contributed by atoms with Gasteiger partial charge in [0.15, 0.2) is 0 Å². The molecule has 0 saturated heterocycles. The fraction of sp³-hybridized carbons (Fsp3) is 0. The molecule has 0 spiro atoms. The van der Waals surface area contributed by atoms with E-state index in [1.165, 1.54) is 12.1 Å². The first-order valence-corrected chi connectivity index (χ1v) is 12.9. The van der Waals surface area contributed by atoms with Gasteiger partial charge < -0.3 is 10.2 Å². The lowest BCUT2D eigenvalue weighted by Crippen LogP contribution is -1.98. The Kier molecular flexibility index (Phi) is 8.09. The van der Waals surface area contributed by atoms with Gasteiger partial charge in [-0.25, -0.2) is 4.79 Å². The van der Waals surface area contributed by atoms with Gasteiger partial charge in [0.05, 0.1) is 5.56 Å². The van der Waals surface area contributed by atoms with Crippen molar-refractivity contribution in [3.05, 3.63) is 157 Å². The second-order valence-corrected chi connectivity index (χ2v) is 9.14.